The number of aryl methyl sites for hydroxylation is 2. The minimum Gasteiger partial charge on any atom is -0.317 e. The summed E-state index contributed by atoms with van der Waals surface area (Å²) in [6.45, 7) is 4.80. The second-order valence-electron chi connectivity index (χ2n) is 7.27. The first-order valence-corrected chi connectivity index (χ1v) is 11.9. The molecule has 0 N–H and O–H groups in total. The molecule has 0 unspecified atom stereocenters. The number of hydrogen-bond donors (Lipinski definition) is 0. The van der Waals surface area contributed by atoms with E-state index in [-0.39, 0.29) is 22.8 Å². The quantitative estimate of drug-likeness (QED) is 0.745. The minimum absolute atomic E-state index is 0.0257. The normalized spacial score (nSPS) is 23.1. The molecule has 0 aromatic heterocycles. The molecule has 0 radical (unpaired) electrons. The Morgan fingerprint density at radius 3 is 2.56 bits per heavy atom. The topological polar surface area (TPSA) is 49.7 Å². The Morgan fingerprint density at radius 2 is 1.89 bits per heavy atom. The monoisotopic (exact) mass is 420 g/mol. The molecule has 0 aliphatic carbocycles. The molecule has 4 rings (SSSR count). The van der Waals surface area contributed by atoms with Gasteiger partial charge in [-0.25, -0.2) is 8.42 Å². The number of benzene rings is 2. The highest BCUT2D eigenvalue weighted by molar-refractivity contribution is 8.15. The Kier molecular flexibility index (Phi) is 4.99. The minimum atomic E-state index is -2.96. The maximum Gasteiger partial charge on any atom is 0.164 e. The molecule has 0 amide bonds. The first-order chi connectivity index (χ1) is 12.8. The zero-order valence-electron chi connectivity index (χ0n) is 15.2. The molecule has 2 atom stereocenters. The van der Waals surface area contributed by atoms with E-state index in [2.05, 4.69) is 36.9 Å². The predicted molar refractivity (Wildman–Crippen MR) is 115 cm³/mol. The number of amidine groups is 1. The van der Waals surface area contributed by atoms with Crippen molar-refractivity contribution in [3.8, 4) is 0 Å². The molecule has 0 spiro atoms. The standard InChI is InChI=1S/C20H21ClN2O2S2/c1-13-6-14(2)8-17(7-13)23(10-15-4-3-5-16(21)9-15)20-22-18-11-27(24,25)12-19(18)26-20/h3-9,18-19H,10-12H2,1-2H3/t18-,19+/m1/s1. The largest absolute Gasteiger partial charge is 0.317 e. The second kappa shape index (κ2) is 7.15. The number of hydrogen-bond acceptors (Lipinski definition) is 5. The lowest BCUT2D eigenvalue weighted by molar-refractivity contribution is 0.601. The highest BCUT2D eigenvalue weighted by Gasteiger charge is 2.44. The smallest absolute Gasteiger partial charge is 0.164 e. The van der Waals surface area contributed by atoms with E-state index in [9.17, 15) is 8.42 Å². The zero-order valence-corrected chi connectivity index (χ0v) is 17.6. The van der Waals surface area contributed by atoms with E-state index in [0.29, 0.717) is 11.6 Å². The van der Waals surface area contributed by atoms with Gasteiger partial charge in [0.15, 0.2) is 15.0 Å². The van der Waals surface area contributed by atoms with Gasteiger partial charge in [0.1, 0.15) is 0 Å². The molecule has 2 aliphatic heterocycles. The van der Waals surface area contributed by atoms with Crippen LogP contribution in [0.5, 0.6) is 0 Å². The van der Waals surface area contributed by atoms with Crippen LogP contribution in [0.1, 0.15) is 16.7 Å². The van der Waals surface area contributed by atoms with Crippen LogP contribution >= 0.6 is 23.4 Å². The fraction of sp³-hybridized carbons (Fsp3) is 0.350. The molecule has 1 fully saturated rings. The third-order valence-corrected chi connectivity index (χ3v) is 8.27. The molecule has 2 aromatic rings. The lowest BCUT2D eigenvalue weighted by Gasteiger charge is -2.26. The lowest BCUT2D eigenvalue weighted by Crippen LogP contribution is -2.28. The summed E-state index contributed by atoms with van der Waals surface area (Å²) in [5, 5.41) is 1.62. The first-order valence-electron chi connectivity index (χ1n) is 8.84. The van der Waals surface area contributed by atoms with Gasteiger partial charge < -0.3 is 4.90 Å². The van der Waals surface area contributed by atoms with Gasteiger partial charge in [0.2, 0.25) is 0 Å². The summed E-state index contributed by atoms with van der Waals surface area (Å²) in [6.07, 6.45) is 0. The molecule has 2 aliphatic rings. The highest BCUT2D eigenvalue weighted by Crippen LogP contribution is 2.37. The van der Waals surface area contributed by atoms with E-state index in [4.69, 9.17) is 16.6 Å². The van der Waals surface area contributed by atoms with Gasteiger partial charge in [0, 0.05) is 16.0 Å². The maximum absolute atomic E-state index is 11.9. The highest BCUT2D eigenvalue weighted by atomic mass is 35.5. The number of nitrogens with zero attached hydrogens (tertiary/aromatic N) is 2. The average molecular weight is 421 g/mol. The Hall–Kier alpha value is -1.50. The van der Waals surface area contributed by atoms with E-state index in [1.807, 2.05) is 24.3 Å². The van der Waals surface area contributed by atoms with E-state index >= 15 is 0 Å². The number of rotatable bonds is 3. The van der Waals surface area contributed by atoms with Gasteiger partial charge in [-0.2, -0.15) is 0 Å². The molecule has 2 heterocycles. The number of halogens is 1. The van der Waals surface area contributed by atoms with Crippen molar-refractivity contribution in [3.05, 3.63) is 64.2 Å². The summed E-state index contributed by atoms with van der Waals surface area (Å²) in [6, 6.07) is 14.1. The van der Waals surface area contributed by atoms with Crippen molar-refractivity contribution < 1.29 is 8.42 Å². The van der Waals surface area contributed by atoms with Crippen molar-refractivity contribution in [2.45, 2.75) is 31.7 Å². The van der Waals surface area contributed by atoms with Crippen molar-refractivity contribution in [3.63, 3.8) is 0 Å². The Morgan fingerprint density at radius 1 is 1.15 bits per heavy atom. The van der Waals surface area contributed by atoms with Crippen LogP contribution in [-0.2, 0) is 16.4 Å². The van der Waals surface area contributed by atoms with Gasteiger partial charge in [-0.3, -0.25) is 4.99 Å². The van der Waals surface area contributed by atoms with Crippen molar-refractivity contribution in [2.75, 3.05) is 16.4 Å². The Labute approximate surface area is 169 Å². The van der Waals surface area contributed by atoms with Gasteiger partial charge >= 0.3 is 0 Å². The third kappa shape index (κ3) is 4.18. The number of sulfone groups is 1. The predicted octanol–water partition coefficient (Wildman–Crippen LogP) is 4.23. The lowest BCUT2D eigenvalue weighted by atomic mass is 10.1. The van der Waals surface area contributed by atoms with Crippen molar-refractivity contribution in [1.29, 1.82) is 0 Å². The van der Waals surface area contributed by atoms with Crippen LogP contribution in [0.3, 0.4) is 0 Å². The van der Waals surface area contributed by atoms with Gasteiger partial charge in [-0.1, -0.05) is 41.6 Å². The summed E-state index contributed by atoms with van der Waals surface area (Å²) < 4.78 is 23.8. The third-order valence-electron chi connectivity index (χ3n) is 4.78. The summed E-state index contributed by atoms with van der Waals surface area (Å²) in [5.74, 6) is 0.374. The molecule has 142 valence electrons. The zero-order chi connectivity index (χ0) is 19.2. The van der Waals surface area contributed by atoms with Crippen LogP contribution in [0.2, 0.25) is 5.02 Å². The molecule has 4 nitrogen and oxygen atoms in total. The Balaban J connectivity index is 1.70. The number of aliphatic imine (C=N–C) groups is 1. The maximum atomic E-state index is 11.9. The van der Waals surface area contributed by atoms with Crippen LogP contribution in [0.25, 0.3) is 0 Å². The van der Waals surface area contributed by atoms with Crippen molar-refractivity contribution >= 4 is 44.1 Å². The van der Waals surface area contributed by atoms with Crippen molar-refractivity contribution in [1.82, 2.24) is 0 Å². The van der Waals surface area contributed by atoms with Crippen LogP contribution in [-0.4, -0.2) is 36.4 Å². The molecule has 0 bridgehead atoms. The molecule has 0 saturated carbocycles. The molecule has 7 heteroatoms. The molecule has 1 saturated heterocycles. The number of anilines is 1. The van der Waals surface area contributed by atoms with Gasteiger partial charge in [0.25, 0.3) is 0 Å². The number of fused-ring (bicyclic) bond motifs is 1. The van der Waals surface area contributed by atoms with E-state index in [0.717, 1.165) is 16.4 Å². The second-order valence-corrected chi connectivity index (χ2v) is 11.1. The van der Waals surface area contributed by atoms with Crippen molar-refractivity contribution in [2.24, 2.45) is 4.99 Å². The summed E-state index contributed by atoms with van der Waals surface area (Å²) >= 11 is 7.76. The number of thioether (sulfide) groups is 1. The van der Waals surface area contributed by atoms with E-state index in [1.54, 1.807) is 11.8 Å². The molecular weight excluding hydrogens is 400 g/mol. The molecular formula is C20H21ClN2O2S2. The van der Waals surface area contributed by atoms with E-state index in [1.165, 1.54) is 11.1 Å². The van der Waals surface area contributed by atoms with E-state index < -0.39 is 9.84 Å². The van der Waals surface area contributed by atoms with Crippen LogP contribution in [0, 0.1) is 13.8 Å². The Bertz CT molecular complexity index is 1000. The SMILES string of the molecule is Cc1cc(C)cc(N(Cc2cccc(Cl)c2)C2=N[C@@H]3CS(=O)(=O)C[C@@H]3S2)c1. The van der Waals surface area contributed by atoms with Crippen LogP contribution in [0.4, 0.5) is 5.69 Å². The summed E-state index contributed by atoms with van der Waals surface area (Å²) in [5.41, 5.74) is 4.54. The summed E-state index contributed by atoms with van der Waals surface area (Å²) in [4.78, 5) is 6.98. The van der Waals surface area contributed by atoms with Crippen LogP contribution < -0.4 is 4.90 Å². The molecule has 2 aromatic carbocycles. The van der Waals surface area contributed by atoms with Crippen LogP contribution in [0.15, 0.2) is 47.5 Å². The first kappa shape index (κ1) is 18.8. The molecule has 27 heavy (non-hydrogen) atoms. The fourth-order valence-electron chi connectivity index (χ4n) is 3.66. The summed E-state index contributed by atoms with van der Waals surface area (Å²) in [7, 11) is -2.96. The van der Waals surface area contributed by atoms with Gasteiger partial charge in [-0.15, -0.1) is 0 Å². The van der Waals surface area contributed by atoms with Gasteiger partial charge in [-0.05, 0) is 54.8 Å². The average Bonchev–Trinajstić information content (AvgIpc) is 3.05. The van der Waals surface area contributed by atoms with Gasteiger partial charge in [0.05, 0.1) is 24.1 Å². The fourth-order valence-corrected chi connectivity index (χ4v) is 7.66.